The number of hydrogen-bond donors (Lipinski definition) is 3. The second-order valence-electron chi connectivity index (χ2n) is 10.1. The van der Waals surface area contributed by atoms with E-state index in [0.29, 0.717) is 13.0 Å². The van der Waals surface area contributed by atoms with Crippen LogP contribution >= 0.6 is 0 Å². The fourth-order valence-electron chi connectivity index (χ4n) is 5.89. The quantitative estimate of drug-likeness (QED) is 0.339. The maximum Gasteiger partial charge on any atom is 0.252 e. The van der Waals surface area contributed by atoms with Crippen molar-refractivity contribution in [1.29, 1.82) is 0 Å². The third-order valence-corrected chi connectivity index (χ3v) is 7.95. The van der Waals surface area contributed by atoms with Gasteiger partial charge in [-0.3, -0.25) is 4.79 Å². The maximum atomic E-state index is 13.2. The highest BCUT2D eigenvalue weighted by Crippen LogP contribution is 2.49. The largest absolute Gasteiger partial charge is 0.387 e. The Labute approximate surface area is 190 Å². The van der Waals surface area contributed by atoms with Gasteiger partial charge in [0.15, 0.2) is 0 Å². The van der Waals surface area contributed by atoms with Gasteiger partial charge in [-0.15, -0.1) is 0 Å². The van der Waals surface area contributed by atoms with Gasteiger partial charge >= 0.3 is 0 Å². The molecule has 1 fully saturated rings. The summed E-state index contributed by atoms with van der Waals surface area (Å²) in [7, 11) is 0. The predicted octanol–water partition coefficient (Wildman–Crippen LogP) is 5.12. The molecule has 166 valence electrons. The zero-order valence-electron chi connectivity index (χ0n) is 18.8. The predicted molar refractivity (Wildman–Crippen MR) is 129 cm³/mol. The standard InChI is InChI=1S/C27H25N3O3/c1-26(2)27(3,32)12-19(33-26)30-18-11-7-5-9-15(18)21-22-16(13-28-25(22)31)20-14-8-4-6-10-17(14)29-23(20)24(21)30/h4-11,19,29,32H,12-13H2,1-3H3,(H,28,31)/t19-,27-/m1/s1. The van der Waals surface area contributed by atoms with Gasteiger partial charge in [-0.05, 0) is 38.5 Å². The first kappa shape index (κ1) is 19.1. The number of aromatic amines is 1. The summed E-state index contributed by atoms with van der Waals surface area (Å²) in [6, 6.07) is 16.4. The highest BCUT2D eigenvalue weighted by Gasteiger charge is 2.51. The normalized spacial score (nSPS) is 24.4. The number of ether oxygens (including phenoxy) is 1. The van der Waals surface area contributed by atoms with Gasteiger partial charge in [0.2, 0.25) is 0 Å². The molecule has 7 rings (SSSR count). The smallest absolute Gasteiger partial charge is 0.252 e. The van der Waals surface area contributed by atoms with Crippen molar-refractivity contribution < 1.29 is 14.6 Å². The number of benzene rings is 3. The molecule has 33 heavy (non-hydrogen) atoms. The number of aromatic nitrogens is 2. The third-order valence-electron chi connectivity index (χ3n) is 7.95. The number of para-hydroxylation sites is 2. The van der Waals surface area contributed by atoms with E-state index in [-0.39, 0.29) is 12.1 Å². The van der Waals surface area contributed by atoms with E-state index in [4.69, 9.17) is 4.74 Å². The number of nitrogens with zero attached hydrogens (tertiary/aromatic N) is 1. The average molecular weight is 440 g/mol. The highest BCUT2D eigenvalue weighted by atomic mass is 16.5. The van der Waals surface area contributed by atoms with Crippen LogP contribution in [0.5, 0.6) is 0 Å². The number of amides is 1. The van der Waals surface area contributed by atoms with E-state index < -0.39 is 11.2 Å². The monoisotopic (exact) mass is 439 g/mol. The lowest BCUT2D eigenvalue weighted by atomic mass is 9.87. The molecule has 0 radical (unpaired) electrons. The average Bonchev–Trinajstić information content (AvgIpc) is 3.48. The Bertz CT molecular complexity index is 1640. The zero-order chi connectivity index (χ0) is 22.7. The highest BCUT2D eigenvalue weighted by molar-refractivity contribution is 6.30. The molecule has 0 spiro atoms. The minimum absolute atomic E-state index is 0.0373. The van der Waals surface area contributed by atoms with E-state index >= 15 is 0 Å². The summed E-state index contributed by atoms with van der Waals surface area (Å²) < 4.78 is 8.68. The Morgan fingerprint density at radius 1 is 1.03 bits per heavy atom. The van der Waals surface area contributed by atoms with Crippen molar-refractivity contribution in [2.24, 2.45) is 0 Å². The topological polar surface area (TPSA) is 79.3 Å². The molecule has 6 heteroatoms. The molecule has 6 nitrogen and oxygen atoms in total. The molecule has 4 heterocycles. The molecule has 0 saturated carbocycles. The Balaban J connectivity index is 1.72. The number of carbonyl (C=O) groups is 1. The summed E-state index contributed by atoms with van der Waals surface area (Å²) >= 11 is 0. The summed E-state index contributed by atoms with van der Waals surface area (Å²) in [5, 5.41) is 18.4. The van der Waals surface area contributed by atoms with Crippen LogP contribution in [0, 0.1) is 0 Å². The van der Waals surface area contributed by atoms with Gasteiger partial charge in [0.25, 0.3) is 5.91 Å². The van der Waals surface area contributed by atoms with Gasteiger partial charge in [0.05, 0.1) is 33.3 Å². The summed E-state index contributed by atoms with van der Waals surface area (Å²) in [4.78, 5) is 16.8. The number of rotatable bonds is 1. The van der Waals surface area contributed by atoms with Crippen LogP contribution in [0.2, 0.25) is 0 Å². The van der Waals surface area contributed by atoms with Crippen LogP contribution in [0.25, 0.3) is 43.6 Å². The Kier molecular flexibility index (Phi) is 3.46. The molecule has 1 amide bonds. The van der Waals surface area contributed by atoms with E-state index in [1.54, 1.807) is 0 Å². The van der Waals surface area contributed by atoms with E-state index in [0.717, 1.165) is 54.7 Å². The van der Waals surface area contributed by atoms with Crippen molar-refractivity contribution in [3.8, 4) is 0 Å². The molecule has 3 aromatic carbocycles. The lowest BCUT2D eigenvalue weighted by Crippen LogP contribution is -2.43. The Morgan fingerprint density at radius 3 is 2.52 bits per heavy atom. The molecule has 0 bridgehead atoms. The first-order valence-electron chi connectivity index (χ1n) is 11.4. The van der Waals surface area contributed by atoms with Gasteiger partial charge in [-0.1, -0.05) is 36.4 Å². The third kappa shape index (κ3) is 2.27. The van der Waals surface area contributed by atoms with Crippen molar-refractivity contribution in [1.82, 2.24) is 14.9 Å². The molecule has 2 aliphatic rings. The van der Waals surface area contributed by atoms with Crippen LogP contribution in [0.3, 0.4) is 0 Å². The second kappa shape index (κ2) is 5.95. The molecule has 2 atom stereocenters. The summed E-state index contributed by atoms with van der Waals surface area (Å²) in [6.07, 6.45) is 0.0909. The number of fused-ring (bicyclic) bond motifs is 10. The van der Waals surface area contributed by atoms with Gasteiger partial charge in [-0.25, -0.2) is 0 Å². The van der Waals surface area contributed by atoms with E-state index in [1.807, 2.05) is 45.0 Å². The minimum atomic E-state index is -0.983. The number of nitrogens with one attached hydrogen (secondary N) is 2. The zero-order valence-corrected chi connectivity index (χ0v) is 18.8. The van der Waals surface area contributed by atoms with Crippen LogP contribution in [0.1, 0.15) is 49.3 Å². The Hall–Kier alpha value is -3.35. The fraction of sp³-hybridized carbons (Fsp3) is 0.296. The van der Waals surface area contributed by atoms with E-state index in [9.17, 15) is 9.90 Å². The number of hydrogen-bond acceptors (Lipinski definition) is 3. The first-order chi connectivity index (χ1) is 15.8. The molecule has 5 aromatic rings. The van der Waals surface area contributed by atoms with Crippen molar-refractivity contribution in [2.75, 3.05) is 0 Å². The minimum Gasteiger partial charge on any atom is -0.387 e. The number of aliphatic hydroxyl groups is 1. The Morgan fingerprint density at radius 2 is 1.76 bits per heavy atom. The molecular weight excluding hydrogens is 414 g/mol. The lowest BCUT2D eigenvalue weighted by Gasteiger charge is -2.30. The van der Waals surface area contributed by atoms with E-state index in [2.05, 4.69) is 39.1 Å². The van der Waals surface area contributed by atoms with Gasteiger partial charge in [0.1, 0.15) is 6.23 Å². The second-order valence-corrected chi connectivity index (χ2v) is 10.1. The molecule has 0 unspecified atom stereocenters. The van der Waals surface area contributed by atoms with Crippen LogP contribution in [-0.2, 0) is 11.3 Å². The summed E-state index contributed by atoms with van der Waals surface area (Å²) in [6.45, 7) is 6.23. The van der Waals surface area contributed by atoms with Crippen molar-refractivity contribution in [3.05, 3.63) is 59.7 Å². The fourth-order valence-corrected chi connectivity index (χ4v) is 5.89. The van der Waals surface area contributed by atoms with Crippen LogP contribution in [0.4, 0.5) is 0 Å². The first-order valence-corrected chi connectivity index (χ1v) is 11.4. The maximum absolute atomic E-state index is 13.2. The van der Waals surface area contributed by atoms with Gasteiger partial charge in [-0.2, -0.15) is 0 Å². The number of H-pyrrole nitrogens is 1. The van der Waals surface area contributed by atoms with Crippen LogP contribution in [-0.4, -0.2) is 31.8 Å². The van der Waals surface area contributed by atoms with Crippen molar-refractivity contribution in [3.63, 3.8) is 0 Å². The van der Waals surface area contributed by atoms with Gasteiger partial charge < -0.3 is 24.7 Å². The molecule has 2 aliphatic heterocycles. The molecule has 3 N–H and O–H groups in total. The van der Waals surface area contributed by atoms with Crippen molar-refractivity contribution >= 4 is 49.5 Å². The van der Waals surface area contributed by atoms with Crippen molar-refractivity contribution in [2.45, 2.75) is 51.2 Å². The van der Waals surface area contributed by atoms with Gasteiger partial charge in [0, 0.05) is 40.0 Å². The molecular formula is C27H25N3O3. The number of carbonyl (C=O) groups excluding carboxylic acids is 1. The SMILES string of the molecule is CC1(C)O[C@@H](n2c3ccccc3c3c4c(c5c6ccccc6[nH]c5c32)CNC4=O)C[C@@]1(C)O. The summed E-state index contributed by atoms with van der Waals surface area (Å²) in [5.74, 6) is -0.0373. The van der Waals surface area contributed by atoms with Crippen LogP contribution in [0.15, 0.2) is 48.5 Å². The molecule has 2 aromatic heterocycles. The molecule has 0 aliphatic carbocycles. The molecule has 1 saturated heterocycles. The van der Waals surface area contributed by atoms with E-state index in [1.165, 1.54) is 0 Å². The lowest BCUT2D eigenvalue weighted by molar-refractivity contribution is -0.111. The summed E-state index contributed by atoms with van der Waals surface area (Å²) in [5.41, 5.74) is 4.11. The van der Waals surface area contributed by atoms with Crippen LogP contribution < -0.4 is 5.32 Å².